The predicted molar refractivity (Wildman–Crippen MR) is 63.7 cm³/mol. The smallest absolute Gasteiger partial charge is 0.244 e. The van der Waals surface area contributed by atoms with Gasteiger partial charge < -0.3 is 16.0 Å². The lowest BCUT2D eigenvalue weighted by Crippen LogP contribution is -2.51. The van der Waals surface area contributed by atoms with Crippen LogP contribution < -0.4 is 11.1 Å². The Labute approximate surface area is 97.4 Å². The van der Waals surface area contributed by atoms with Crippen molar-refractivity contribution in [2.75, 3.05) is 13.6 Å². The molecule has 0 aliphatic rings. The van der Waals surface area contributed by atoms with Crippen molar-refractivity contribution in [1.82, 2.24) is 10.2 Å². The predicted octanol–water partition coefficient (Wildman–Crippen LogP) is -0.0473. The van der Waals surface area contributed by atoms with Gasteiger partial charge in [-0.1, -0.05) is 13.8 Å². The second-order valence-electron chi connectivity index (χ2n) is 4.35. The first kappa shape index (κ1) is 14.9. The quantitative estimate of drug-likeness (QED) is 0.694. The monoisotopic (exact) mass is 229 g/mol. The fourth-order valence-electron chi connectivity index (χ4n) is 1.16. The Morgan fingerprint density at radius 3 is 2.19 bits per heavy atom. The minimum Gasteiger partial charge on any atom is -0.344 e. The molecule has 3 N–H and O–H groups in total. The molecule has 0 aromatic rings. The molecule has 0 aromatic carbocycles. The first-order valence-electron chi connectivity index (χ1n) is 5.62. The first-order chi connectivity index (χ1) is 7.31. The molecule has 0 radical (unpaired) electrons. The summed E-state index contributed by atoms with van der Waals surface area (Å²) >= 11 is 0. The molecule has 0 heterocycles. The Balaban J connectivity index is 4.29. The van der Waals surface area contributed by atoms with Gasteiger partial charge in [-0.05, 0) is 19.8 Å². The Morgan fingerprint density at radius 2 is 1.81 bits per heavy atom. The maximum absolute atomic E-state index is 11.7. The molecule has 0 bridgehead atoms. The zero-order chi connectivity index (χ0) is 12.9. The van der Waals surface area contributed by atoms with Crippen LogP contribution in [-0.2, 0) is 9.59 Å². The van der Waals surface area contributed by atoms with Crippen molar-refractivity contribution >= 4 is 11.8 Å². The van der Waals surface area contributed by atoms with Crippen LogP contribution in [0.4, 0.5) is 0 Å². The van der Waals surface area contributed by atoms with Crippen molar-refractivity contribution in [2.45, 2.75) is 39.8 Å². The summed E-state index contributed by atoms with van der Waals surface area (Å²) in [5, 5.41) is 2.62. The van der Waals surface area contributed by atoms with E-state index in [0.717, 1.165) is 0 Å². The number of nitrogens with one attached hydrogen (secondary N) is 1. The van der Waals surface area contributed by atoms with Gasteiger partial charge in [0.1, 0.15) is 6.04 Å². The minimum atomic E-state index is -0.567. The van der Waals surface area contributed by atoms with Gasteiger partial charge in [-0.15, -0.1) is 0 Å². The third-order valence-corrected chi connectivity index (χ3v) is 2.60. The summed E-state index contributed by atoms with van der Waals surface area (Å²) in [6.07, 6.45) is 0. The third kappa shape index (κ3) is 4.18. The minimum absolute atomic E-state index is 0.0613. The summed E-state index contributed by atoms with van der Waals surface area (Å²) in [6, 6.07) is -1.09. The molecule has 0 saturated carbocycles. The van der Waals surface area contributed by atoms with Gasteiger partial charge in [0.2, 0.25) is 11.8 Å². The average molecular weight is 229 g/mol. The summed E-state index contributed by atoms with van der Waals surface area (Å²) in [6.45, 7) is 7.91. The molecule has 5 heteroatoms. The largest absolute Gasteiger partial charge is 0.344 e. The van der Waals surface area contributed by atoms with Gasteiger partial charge in [0.15, 0.2) is 0 Å². The summed E-state index contributed by atoms with van der Waals surface area (Å²) in [7, 11) is 1.70. The van der Waals surface area contributed by atoms with Crippen LogP contribution in [0.15, 0.2) is 0 Å². The molecule has 2 amide bonds. The van der Waals surface area contributed by atoms with Crippen LogP contribution in [0.2, 0.25) is 0 Å². The lowest BCUT2D eigenvalue weighted by Gasteiger charge is -2.23. The van der Waals surface area contributed by atoms with E-state index in [2.05, 4.69) is 5.32 Å². The molecule has 0 aliphatic carbocycles. The molecule has 0 aromatic heterocycles. The van der Waals surface area contributed by atoms with E-state index in [9.17, 15) is 9.59 Å². The number of nitrogens with zero attached hydrogens (tertiary/aromatic N) is 1. The van der Waals surface area contributed by atoms with E-state index in [1.165, 1.54) is 0 Å². The van der Waals surface area contributed by atoms with Gasteiger partial charge in [0.25, 0.3) is 0 Å². The summed E-state index contributed by atoms with van der Waals surface area (Å²) in [5.74, 6) is -0.321. The van der Waals surface area contributed by atoms with Crippen molar-refractivity contribution in [3.8, 4) is 0 Å². The molecule has 0 fully saturated rings. The topological polar surface area (TPSA) is 75.4 Å². The van der Waals surface area contributed by atoms with Crippen LogP contribution >= 0.6 is 0 Å². The SMILES string of the molecule is CCN(C)C(=O)C(C)NC(=O)[C@@H](N)C(C)C. The Morgan fingerprint density at radius 1 is 1.31 bits per heavy atom. The van der Waals surface area contributed by atoms with Gasteiger partial charge in [-0.2, -0.15) is 0 Å². The lowest BCUT2D eigenvalue weighted by molar-refractivity contribution is -0.135. The van der Waals surface area contributed by atoms with Crippen LogP contribution in [0.1, 0.15) is 27.7 Å². The third-order valence-electron chi connectivity index (χ3n) is 2.60. The number of hydrogen-bond acceptors (Lipinski definition) is 3. The number of rotatable bonds is 5. The average Bonchev–Trinajstić information content (AvgIpc) is 2.25. The van der Waals surface area contributed by atoms with Crippen molar-refractivity contribution in [2.24, 2.45) is 11.7 Å². The molecular formula is C11H23N3O2. The first-order valence-corrected chi connectivity index (χ1v) is 5.62. The van der Waals surface area contributed by atoms with Gasteiger partial charge >= 0.3 is 0 Å². The Kier molecular flexibility index (Phi) is 6.03. The van der Waals surface area contributed by atoms with E-state index in [1.807, 2.05) is 20.8 Å². The lowest BCUT2D eigenvalue weighted by atomic mass is 10.0. The maximum Gasteiger partial charge on any atom is 0.244 e. The van der Waals surface area contributed by atoms with Gasteiger partial charge in [-0.25, -0.2) is 0 Å². The van der Waals surface area contributed by atoms with Crippen LogP contribution in [0.25, 0.3) is 0 Å². The second-order valence-corrected chi connectivity index (χ2v) is 4.35. The highest BCUT2D eigenvalue weighted by Crippen LogP contribution is 1.99. The summed E-state index contributed by atoms with van der Waals surface area (Å²) < 4.78 is 0. The second kappa shape index (κ2) is 6.48. The standard InChI is InChI=1S/C11H23N3O2/c1-6-14(5)11(16)8(4)13-10(15)9(12)7(2)3/h7-9H,6,12H2,1-5H3,(H,13,15)/t8?,9-/m0/s1. The maximum atomic E-state index is 11.7. The number of amides is 2. The fraction of sp³-hybridized carbons (Fsp3) is 0.818. The molecule has 94 valence electrons. The Hall–Kier alpha value is -1.10. The highest BCUT2D eigenvalue weighted by molar-refractivity contribution is 5.89. The van der Waals surface area contributed by atoms with E-state index >= 15 is 0 Å². The number of carbonyl (C=O) groups is 2. The fourth-order valence-corrected chi connectivity index (χ4v) is 1.16. The van der Waals surface area contributed by atoms with E-state index in [1.54, 1.807) is 18.9 Å². The van der Waals surface area contributed by atoms with Crippen LogP contribution in [0, 0.1) is 5.92 Å². The molecule has 0 spiro atoms. The summed E-state index contributed by atoms with van der Waals surface area (Å²) in [5.41, 5.74) is 5.68. The normalized spacial score (nSPS) is 14.4. The number of nitrogens with two attached hydrogens (primary N) is 1. The van der Waals surface area contributed by atoms with Gasteiger partial charge in [0.05, 0.1) is 6.04 Å². The highest BCUT2D eigenvalue weighted by Gasteiger charge is 2.23. The van der Waals surface area contributed by atoms with E-state index in [-0.39, 0.29) is 17.7 Å². The molecular weight excluding hydrogens is 206 g/mol. The van der Waals surface area contributed by atoms with Crippen molar-refractivity contribution in [3.63, 3.8) is 0 Å². The van der Waals surface area contributed by atoms with Crippen LogP contribution in [0.5, 0.6) is 0 Å². The number of hydrogen-bond donors (Lipinski definition) is 2. The molecule has 2 atom stereocenters. The molecule has 1 unspecified atom stereocenters. The van der Waals surface area contributed by atoms with Crippen LogP contribution in [0.3, 0.4) is 0 Å². The number of carbonyl (C=O) groups excluding carboxylic acids is 2. The number of likely N-dealkylation sites (N-methyl/N-ethyl adjacent to an activating group) is 1. The van der Waals surface area contributed by atoms with Gasteiger partial charge in [0, 0.05) is 13.6 Å². The molecule has 5 nitrogen and oxygen atoms in total. The zero-order valence-electron chi connectivity index (χ0n) is 10.8. The van der Waals surface area contributed by atoms with Crippen LogP contribution in [-0.4, -0.2) is 42.4 Å². The van der Waals surface area contributed by atoms with Gasteiger partial charge in [-0.3, -0.25) is 9.59 Å². The molecule has 0 aliphatic heterocycles. The van der Waals surface area contributed by atoms with Crippen molar-refractivity contribution in [1.29, 1.82) is 0 Å². The molecule has 0 rings (SSSR count). The summed E-state index contributed by atoms with van der Waals surface area (Å²) in [4.78, 5) is 24.8. The zero-order valence-corrected chi connectivity index (χ0v) is 10.8. The van der Waals surface area contributed by atoms with E-state index in [0.29, 0.717) is 6.54 Å². The van der Waals surface area contributed by atoms with E-state index in [4.69, 9.17) is 5.73 Å². The van der Waals surface area contributed by atoms with Crippen molar-refractivity contribution < 1.29 is 9.59 Å². The van der Waals surface area contributed by atoms with E-state index < -0.39 is 12.1 Å². The highest BCUT2D eigenvalue weighted by atomic mass is 16.2. The molecule has 0 saturated heterocycles. The Bertz CT molecular complexity index is 254. The van der Waals surface area contributed by atoms with Crippen molar-refractivity contribution in [3.05, 3.63) is 0 Å². The molecule has 16 heavy (non-hydrogen) atoms.